The Labute approximate surface area is 108 Å². The van der Waals surface area contributed by atoms with Crippen LogP contribution in [0.25, 0.3) is 0 Å². The molecule has 2 aromatic rings. The SMILES string of the molecule is Cc1cc(C(N)c2ccc(C(F)(F)F)cc2)n(C)n1. The highest BCUT2D eigenvalue weighted by Crippen LogP contribution is 2.30. The predicted octanol–water partition coefficient (Wildman–Crippen LogP) is 2.80. The van der Waals surface area contributed by atoms with Gasteiger partial charge in [0, 0.05) is 7.05 Å². The van der Waals surface area contributed by atoms with Crippen molar-refractivity contribution < 1.29 is 13.2 Å². The van der Waals surface area contributed by atoms with Crippen molar-refractivity contribution in [1.82, 2.24) is 9.78 Å². The van der Waals surface area contributed by atoms with Crippen molar-refractivity contribution in [3.05, 3.63) is 52.8 Å². The highest BCUT2D eigenvalue weighted by Gasteiger charge is 2.30. The first-order valence-corrected chi connectivity index (χ1v) is 5.72. The lowest BCUT2D eigenvalue weighted by atomic mass is 10.0. The minimum absolute atomic E-state index is 0.492. The Hall–Kier alpha value is -1.82. The molecule has 19 heavy (non-hydrogen) atoms. The molecule has 1 aromatic carbocycles. The van der Waals surface area contributed by atoms with Gasteiger partial charge in [-0.25, -0.2) is 0 Å². The Kier molecular flexibility index (Phi) is 3.36. The summed E-state index contributed by atoms with van der Waals surface area (Å²) in [5, 5.41) is 4.17. The fourth-order valence-electron chi connectivity index (χ4n) is 1.97. The van der Waals surface area contributed by atoms with E-state index in [0.29, 0.717) is 5.56 Å². The van der Waals surface area contributed by atoms with E-state index in [1.54, 1.807) is 11.7 Å². The third kappa shape index (κ3) is 2.78. The number of rotatable bonds is 2. The van der Waals surface area contributed by atoms with E-state index >= 15 is 0 Å². The molecule has 0 saturated carbocycles. The Bertz CT molecular complexity index is 570. The van der Waals surface area contributed by atoms with Gasteiger partial charge in [0.25, 0.3) is 0 Å². The summed E-state index contributed by atoms with van der Waals surface area (Å²) in [6.07, 6.45) is -4.33. The van der Waals surface area contributed by atoms with Gasteiger partial charge >= 0.3 is 6.18 Å². The van der Waals surface area contributed by atoms with Crippen molar-refractivity contribution in [1.29, 1.82) is 0 Å². The smallest absolute Gasteiger partial charge is 0.319 e. The van der Waals surface area contributed by atoms with Crippen LogP contribution < -0.4 is 5.73 Å². The highest BCUT2D eigenvalue weighted by atomic mass is 19.4. The van der Waals surface area contributed by atoms with E-state index in [2.05, 4.69) is 5.10 Å². The molecule has 1 unspecified atom stereocenters. The first kappa shape index (κ1) is 13.6. The average molecular weight is 269 g/mol. The Morgan fingerprint density at radius 3 is 2.21 bits per heavy atom. The Balaban J connectivity index is 2.30. The Morgan fingerprint density at radius 2 is 1.79 bits per heavy atom. The molecular weight excluding hydrogens is 255 g/mol. The number of alkyl halides is 3. The largest absolute Gasteiger partial charge is 0.416 e. The Morgan fingerprint density at radius 1 is 1.21 bits per heavy atom. The number of halogens is 3. The van der Waals surface area contributed by atoms with Gasteiger partial charge in [-0.1, -0.05) is 12.1 Å². The molecular formula is C13H14F3N3. The van der Waals surface area contributed by atoms with E-state index in [0.717, 1.165) is 23.5 Å². The molecule has 2 rings (SSSR count). The molecule has 6 heteroatoms. The molecule has 0 saturated heterocycles. The van der Waals surface area contributed by atoms with Crippen LogP contribution in [0.1, 0.15) is 28.6 Å². The van der Waals surface area contributed by atoms with E-state index in [1.807, 2.05) is 13.0 Å². The number of hydrogen-bond donors (Lipinski definition) is 1. The summed E-state index contributed by atoms with van der Waals surface area (Å²) in [7, 11) is 1.76. The summed E-state index contributed by atoms with van der Waals surface area (Å²) in [5.41, 5.74) is 7.57. The number of hydrogen-bond acceptors (Lipinski definition) is 2. The van der Waals surface area contributed by atoms with Crippen molar-refractivity contribution in [2.75, 3.05) is 0 Å². The summed E-state index contributed by atoms with van der Waals surface area (Å²) in [6, 6.07) is 6.21. The van der Waals surface area contributed by atoms with Crippen LogP contribution in [-0.4, -0.2) is 9.78 Å². The maximum absolute atomic E-state index is 12.5. The van der Waals surface area contributed by atoms with Crippen LogP contribution in [0.15, 0.2) is 30.3 Å². The van der Waals surface area contributed by atoms with Gasteiger partial charge in [0.2, 0.25) is 0 Å². The summed E-state index contributed by atoms with van der Waals surface area (Å²) < 4.78 is 39.0. The predicted molar refractivity (Wildman–Crippen MR) is 65.4 cm³/mol. The van der Waals surface area contributed by atoms with Crippen molar-refractivity contribution >= 4 is 0 Å². The molecule has 102 valence electrons. The van der Waals surface area contributed by atoms with Gasteiger partial charge in [0.05, 0.1) is 23.0 Å². The molecule has 0 aliphatic carbocycles. The number of nitrogens with two attached hydrogens (primary N) is 1. The number of benzene rings is 1. The van der Waals surface area contributed by atoms with Crippen molar-refractivity contribution in [2.24, 2.45) is 12.8 Å². The van der Waals surface area contributed by atoms with Gasteiger partial charge in [-0.15, -0.1) is 0 Å². The van der Waals surface area contributed by atoms with Gasteiger partial charge in [0.15, 0.2) is 0 Å². The van der Waals surface area contributed by atoms with E-state index < -0.39 is 17.8 Å². The second kappa shape index (κ2) is 4.70. The summed E-state index contributed by atoms with van der Waals surface area (Å²) in [5.74, 6) is 0. The monoisotopic (exact) mass is 269 g/mol. The van der Waals surface area contributed by atoms with Gasteiger partial charge in [-0.2, -0.15) is 18.3 Å². The summed E-state index contributed by atoms with van der Waals surface area (Å²) >= 11 is 0. The molecule has 0 aliphatic rings. The highest BCUT2D eigenvalue weighted by molar-refractivity contribution is 5.31. The molecule has 1 heterocycles. The molecule has 3 nitrogen and oxygen atoms in total. The van der Waals surface area contributed by atoms with Crippen LogP contribution in [0.4, 0.5) is 13.2 Å². The lowest BCUT2D eigenvalue weighted by Crippen LogP contribution is -2.16. The van der Waals surface area contributed by atoms with Crippen LogP contribution in [-0.2, 0) is 13.2 Å². The van der Waals surface area contributed by atoms with Crippen LogP contribution in [0, 0.1) is 6.92 Å². The second-order valence-corrected chi connectivity index (χ2v) is 4.43. The summed E-state index contributed by atoms with van der Waals surface area (Å²) in [4.78, 5) is 0. The molecule has 0 fully saturated rings. The minimum atomic E-state index is -4.33. The average Bonchev–Trinajstić information content (AvgIpc) is 2.66. The lowest BCUT2D eigenvalue weighted by molar-refractivity contribution is -0.137. The van der Waals surface area contributed by atoms with Crippen molar-refractivity contribution in [3.63, 3.8) is 0 Å². The first-order chi connectivity index (χ1) is 8.79. The van der Waals surface area contributed by atoms with E-state index in [9.17, 15) is 13.2 Å². The number of aromatic nitrogens is 2. The molecule has 0 amide bonds. The first-order valence-electron chi connectivity index (χ1n) is 5.72. The molecule has 1 atom stereocenters. The molecule has 0 aliphatic heterocycles. The van der Waals surface area contributed by atoms with Gasteiger partial charge in [-0.3, -0.25) is 4.68 Å². The van der Waals surface area contributed by atoms with Crippen molar-refractivity contribution in [2.45, 2.75) is 19.1 Å². The number of aryl methyl sites for hydroxylation is 2. The molecule has 0 radical (unpaired) electrons. The minimum Gasteiger partial charge on any atom is -0.319 e. The standard InChI is InChI=1S/C13H14F3N3/c1-8-7-11(19(2)18-8)12(17)9-3-5-10(6-4-9)13(14,15)16/h3-7,12H,17H2,1-2H3. The molecule has 0 spiro atoms. The molecule has 0 bridgehead atoms. The quantitative estimate of drug-likeness (QED) is 0.911. The topological polar surface area (TPSA) is 43.8 Å². The maximum atomic E-state index is 12.5. The van der Waals surface area contributed by atoms with Crippen LogP contribution >= 0.6 is 0 Å². The normalized spacial score (nSPS) is 13.6. The van der Waals surface area contributed by atoms with Gasteiger partial charge < -0.3 is 5.73 Å². The fourth-order valence-corrected chi connectivity index (χ4v) is 1.97. The van der Waals surface area contributed by atoms with Crippen LogP contribution in [0.2, 0.25) is 0 Å². The zero-order chi connectivity index (χ0) is 14.2. The summed E-state index contributed by atoms with van der Waals surface area (Å²) in [6.45, 7) is 1.84. The fraction of sp³-hybridized carbons (Fsp3) is 0.308. The van der Waals surface area contributed by atoms with E-state index in [1.165, 1.54) is 12.1 Å². The van der Waals surface area contributed by atoms with Gasteiger partial charge in [0.1, 0.15) is 0 Å². The van der Waals surface area contributed by atoms with E-state index in [4.69, 9.17) is 5.73 Å². The lowest BCUT2D eigenvalue weighted by Gasteiger charge is -2.13. The van der Waals surface area contributed by atoms with E-state index in [-0.39, 0.29) is 0 Å². The number of nitrogens with zero attached hydrogens (tertiary/aromatic N) is 2. The third-order valence-electron chi connectivity index (χ3n) is 2.95. The zero-order valence-corrected chi connectivity index (χ0v) is 10.6. The maximum Gasteiger partial charge on any atom is 0.416 e. The van der Waals surface area contributed by atoms with Crippen LogP contribution in [0.5, 0.6) is 0 Å². The van der Waals surface area contributed by atoms with Crippen molar-refractivity contribution in [3.8, 4) is 0 Å². The zero-order valence-electron chi connectivity index (χ0n) is 10.6. The molecule has 2 N–H and O–H groups in total. The third-order valence-corrected chi connectivity index (χ3v) is 2.95. The molecule has 1 aromatic heterocycles. The van der Waals surface area contributed by atoms with Gasteiger partial charge in [-0.05, 0) is 30.7 Å². The second-order valence-electron chi connectivity index (χ2n) is 4.43. The van der Waals surface area contributed by atoms with Crippen LogP contribution in [0.3, 0.4) is 0 Å².